The van der Waals surface area contributed by atoms with Crippen LogP contribution in [0.25, 0.3) is 0 Å². The van der Waals surface area contributed by atoms with Crippen LogP contribution < -0.4 is 5.48 Å². The molecule has 0 aliphatic carbocycles. The van der Waals surface area contributed by atoms with Crippen molar-refractivity contribution in [1.29, 1.82) is 5.26 Å². The number of hydrogen-bond acceptors (Lipinski definition) is 3. The Kier molecular flexibility index (Phi) is 3.98. The quantitative estimate of drug-likeness (QED) is 0.284. The second-order valence-electron chi connectivity index (χ2n) is 0.683. The van der Waals surface area contributed by atoms with Crippen LogP contribution in [0.5, 0.6) is 0 Å². The molecule has 0 radical (unpaired) electrons. The van der Waals surface area contributed by atoms with Gasteiger partial charge in [0.1, 0.15) is 6.54 Å². The van der Waals surface area contributed by atoms with Crippen LogP contribution in [-0.2, 0) is 4.84 Å². The molecular formula is C3H6N2O. The fourth-order valence-electron chi connectivity index (χ4n) is 0.104. The minimum atomic E-state index is 0.247. The number of nitrogens with zero attached hydrogens (tertiary/aromatic N) is 1. The van der Waals surface area contributed by atoms with Gasteiger partial charge in [0, 0.05) is 0 Å². The number of hydrogen-bond donors (Lipinski definition) is 1. The number of rotatable bonds is 2. The van der Waals surface area contributed by atoms with Crippen LogP contribution >= 0.6 is 0 Å². The van der Waals surface area contributed by atoms with E-state index in [1.807, 2.05) is 6.07 Å². The van der Waals surface area contributed by atoms with Gasteiger partial charge >= 0.3 is 0 Å². The summed E-state index contributed by atoms with van der Waals surface area (Å²) in [4.78, 5) is 4.31. The van der Waals surface area contributed by atoms with Crippen molar-refractivity contribution in [1.82, 2.24) is 5.48 Å². The smallest absolute Gasteiger partial charge is 0.108 e. The first-order valence-electron chi connectivity index (χ1n) is 1.54. The van der Waals surface area contributed by atoms with Crippen LogP contribution in [0.2, 0.25) is 0 Å². The summed E-state index contributed by atoms with van der Waals surface area (Å²) in [6.07, 6.45) is 0. The van der Waals surface area contributed by atoms with Crippen LogP contribution in [0.4, 0.5) is 0 Å². The molecule has 0 aliphatic heterocycles. The van der Waals surface area contributed by atoms with E-state index >= 15 is 0 Å². The van der Waals surface area contributed by atoms with E-state index in [1.165, 1.54) is 7.11 Å². The Balaban J connectivity index is 2.54. The van der Waals surface area contributed by atoms with E-state index in [4.69, 9.17) is 5.26 Å². The summed E-state index contributed by atoms with van der Waals surface area (Å²) in [7, 11) is 1.47. The monoisotopic (exact) mass is 86.0 g/mol. The molecular weight excluding hydrogens is 80.0 g/mol. The number of nitriles is 1. The van der Waals surface area contributed by atoms with Crippen molar-refractivity contribution in [2.24, 2.45) is 0 Å². The van der Waals surface area contributed by atoms with Gasteiger partial charge in [-0.15, -0.1) is 0 Å². The van der Waals surface area contributed by atoms with Gasteiger partial charge in [0.25, 0.3) is 0 Å². The summed E-state index contributed by atoms with van der Waals surface area (Å²) in [5.41, 5.74) is 2.34. The fraction of sp³-hybridized carbons (Fsp3) is 0.667. The summed E-state index contributed by atoms with van der Waals surface area (Å²) in [6, 6.07) is 1.83. The molecule has 0 fully saturated rings. The number of nitrogens with one attached hydrogen (secondary N) is 1. The van der Waals surface area contributed by atoms with E-state index in [9.17, 15) is 0 Å². The first-order chi connectivity index (χ1) is 2.91. The van der Waals surface area contributed by atoms with E-state index in [1.54, 1.807) is 0 Å². The van der Waals surface area contributed by atoms with Crippen molar-refractivity contribution in [3.8, 4) is 6.07 Å². The van der Waals surface area contributed by atoms with Crippen molar-refractivity contribution >= 4 is 0 Å². The Morgan fingerprint density at radius 1 is 2.00 bits per heavy atom. The molecule has 0 aromatic carbocycles. The lowest BCUT2D eigenvalue weighted by molar-refractivity contribution is 0.102. The molecule has 0 aliphatic rings. The maximum atomic E-state index is 7.80. The molecule has 1 N–H and O–H groups in total. The highest BCUT2D eigenvalue weighted by Gasteiger charge is 1.69. The normalized spacial score (nSPS) is 7.33. The summed E-state index contributed by atoms with van der Waals surface area (Å²) < 4.78 is 0. The van der Waals surface area contributed by atoms with Crippen LogP contribution in [0.3, 0.4) is 0 Å². The lowest BCUT2D eigenvalue weighted by Gasteiger charge is -1.86. The standard InChI is InChI=1S/C3H6N2O/c1-6-5-3-2-4/h5H,3H2,1H3. The SMILES string of the molecule is CONCC#N. The fourth-order valence-corrected chi connectivity index (χ4v) is 0.104. The van der Waals surface area contributed by atoms with Crippen LogP contribution in [-0.4, -0.2) is 13.7 Å². The highest BCUT2D eigenvalue weighted by atomic mass is 16.6. The van der Waals surface area contributed by atoms with Gasteiger partial charge in [0.2, 0.25) is 0 Å². The minimum Gasteiger partial charge on any atom is -0.304 e. The van der Waals surface area contributed by atoms with Crippen molar-refractivity contribution in [3.05, 3.63) is 0 Å². The van der Waals surface area contributed by atoms with Gasteiger partial charge in [0.05, 0.1) is 13.2 Å². The third kappa shape index (κ3) is 3.41. The van der Waals surface area contributed by atoms with Gasteiger partial charge in [-0.2, -0.15) is 10.7 Å². The maximum absolute atomic E-state index is 7.80. The summed E-state index contributed by atoms with van der Waals surface area (Å²) >= 11 is 0. The molecule has 0 aromatic heterocycles. The van der Waals surface area contributed by atoms with Crippen molar-refractivity contribution in [3.63, 3.8) is 0 Å². The van der Waals surface area contributed by atoms with Crippen molar-refractivity contribution in [2.75, 3.05) is 13.7 Å². The summed E-state index contributed by atoms with van der Waals surface area (Å²) in [5, 5.41) is 7.80. The molecule has 0 bridgehead atoms. The van der Waals surface area contributed by atoms with Gasteiger partial charge in [0.15, 0.2) is 0 Å². The molecule has 0 aromatic rings. The predicted molar refractivity (Wildman–Crippen MR) is 20.6 cm³/mol. The summed E-state index contributed by atoms with van der Waals surface area (Å²) in [6.45, 7) is 0.247. The van der Waals surface area contributed by atoms with E-state index in [0.29, 0.717) is 0 Å². The van der Waals surface area contributed by atoms with Crippen LogP contribution in [0.15, 0.2) is 0 Å². The lowest BCUT2D eigenvalue weighted by Crippen LogP contribution is -2.10. The van der Waals surface area contributed by atoms with Gasteiger partial charge in [-0.3, -0.25) is 0 Å². The Morgan fingerprint density at radius 2 is 2.67 bits per heavy atom. The van der Waals surface area contributed by atoms with Crippen molar-refractivity contribution in [2.45, 2.75) is 0 Å². The zero-order chi connectivity index (χ0) is 4.83. The molecule has 0 spiro atoms. The third-order valence-corrected chi connectivity index (χ3v) is 0.296. The second kappa shape index (κ2) is 4.41. The molecule has 0 rings (SSSR count). The molecule has 0 heterocycles. The Morgan fingerprint density at radius 3 is 2.83 bits per heavy atom. The van der Waals surface area contributed by atoms with Gasteiger partial charge in [-0.05, 0) is 0 Å². The van der Waals surface area contributed by atoms with Gasteiger partial charge in [-0.1, -0.05) is 0 Å². The number of hydroxylamine groups is 1. The molecule has 0 saturated carbocycles. The third-order valence-electron chi connectivity index (χ3n) is 0.296. The Bertz CT molecular complexity index is 56.3. The van der Waals surface area contributed by atoms with Gasteiger partial charge in [-0.25, -0.2) is 0 Å². The van der Waals surface area contributed by atoms with E-state index < -0.39 is 0 Å². The first-order valence-corrected chi connectivity index (χ1v) is 1.54. The zero-order valence-electron chi connectivity index (χ0n) is 3.56. The second-order valence-corrected chi connectivity index (χ2v) is 0.683. The predicted octanol–water partition coefficient (Wildman–Crippen LogP) is -0.339. The summed E-state index contributed by atoms with van der Waals surface area (Å²) in [5.74, 6) is 0. The lowest BCUT2D eigenvalue weighted by atomic mass is 10.8. The molecule has 0 atom stereocenters. The average Bonchev–Trinajstić information content (AvgIpc) is 1.61. The average molecular weight is 86.1 g/mol. The van der Waals surface area contributed by atoms with E-state index in [2.05, 4.69) is 10.3 Å². The molecule has 0 saturated heterocycles. The highest BCUT2D eigenvalue weighted by Crippen LogP contribution is 1.48. The molecule has 0 unspecified atom stereocenters. The Hall–Kier alpha value is -0.590. The molecule has 6 heavy (non-hydrogen) atoms. The topological polar surface area (TPSA) is 45.0 Å². The first kappa shape index (κ1) is 5.41. The van der Waals surface area contributed by atoms with Crippen molar-refractivity contribution < 1.29 is 4.84 Å². The Labute approximate surface area is 36.5 Å². The highest BCUT2D eigenvalue weighted by molar-refractivity contribution is 4.68. The van der Waals surface area contributed by atoms with E-state index in [-0.39, 0.29) is 6.54 Å². The van der Waals surface area contributed by atoms with Crippen LogP contribution in [0, 0.1) is 11.3 Å². The molecule has 3 heteroatoms. The van der Waals surface area contributed by atoms with E-state index in [0.717, 1.165) is 0 Å². The molecule has 34 valence electrons. The molecule has 0 amide bonds. The van der Waals surface area contributed by atoms with Gasteiger partial charge < -0.3 is 4.84 Å². The minimum absolute atomic E-state index is 0.247. The maximum Gasteiger partial charge on any atom is 0.108 e. The van der Waals surface area contributed by atoms with Crippen LogP contribution in [0.1, 0.15) is 0 Å². The zero-order valence-corrected chi connectivity index (χ0v) is 3.56. The molecule has 3 nitrogen and oxygen atoms in total. The largest absolute Gasteiger partial charge is 0.304 e.